The number of nitrogens with zero attached hydrogens (tertiary/aromatic N) is 3. The molecule has 1 amide bonds. The summed E-state index contributed by atoms with van der Waals surface area (Å²) in [5.74, 6) is -1.83. The first kappa shape index (κ1) is 17.9. The molecule has 2 rings (SSSR count). The first-order chi connectivity index (χ1) is 11.2. The Hall–Kier alpha value is -2.49. The lowest BCUT2D eigenvalue weighted by molar-refractivity contribution is -0.143. The summed E-state index contributed by atoms with van der Waals surface area (Å²) in [5.41, 5.74) is -2.53. The van der Waals surface area contributed by atoms with Crippen LogP contribution >= 0.6 is 0 Å². The predicted molar refractivity (Wildman–Crippen MR) is 75.0 cm³/mol. The lowest BCUT2D eigenvalue weighted by atomic mass is 10.2. The molecule has 1 aromatic heterocycles. The second-order valence-electron chi connectivity index (χ2n) is 5.07. The smallest absolute Gasteiger partial charge is 0.393 e. The van der Waals surface area contributed by atoms with Crippen molar-refractivity contribution in [3.8, 4) is 5.69 Å². The third-order valence-corrected chi connectivity index (χ3v) is 3.05. The zero-order chi connectivity index (χ0) is 17.9. The zero-order valence-electron chi connectivity index (χ0n) is 12.5. The summed E-state index contributed by atoms with van der Waals surface area (Å²) >= 11 is 0. The van der Waals surface area contributed by atoms with Crippen molar-refractivity contribution in [3.63, 3.8) is 0 Å². The Bertz CT molecular complexity index is 728. The van der Waals surface area contributed by atoms with Gasteiger partial charge in [0.1, 0.15) is 5.82 Å². The normalized spacial score (nSPS) is 12.9. The van der Waals surface area contributed by atoms with Gasteiger partial charge in [0.25, 0.3) is 5.91 Å². The Morgan fingerprint density at radius 2 is 2.12 bits per heavy atom. The monoisotopic (exact) mass is 346 g/mol. The Morgan fingerprint density at radius 3 is 2.71 bits per heavy atom. The van der Waals surface area contributed by atoms with Crippen LogP contribution in [0.1, 0.15) is 29.5 Å². The molecule has 0 saturated carbocycles. The number of aliphatic hydroxyl groups excluding tert-OH is 1. The van der Waals surface area contributed by atoms with Crippen molar-refractivity contribution in [2.45, 2.75) is 25.6 Å². The molecular formula is C14H14F4N4O2. The number of nitrogens with one attached hydrogen (secondary N) is 1. The van der Waals surface area contributed by atoms with Crippen LogP contribution in [0.3, 0.4) is 0 Å². The van der Waals surface area contributed by atoms with Crippen LogP contribution in [0.2, 0.25) is 0 Å². The number of halogens is 4. The largest absolute Gasteiger partial charge is 0.435 e. The maximum Gasteiger partial charge on any atom is 0.435 e. The van der Waals surface area contributed by atoms with Crippen molar-refractivity contribution >= 4 is 5.91 Å². The maximum atomic E-state index is 13.3. The Morgan fingerprint density at radius 1 is 1.42 bits per heavy atom. The quantitative estimate of drug-likeness (QED) is 0.811. The van der Waals surface area contributed by atoms with E-state index in [0.717, 1.165) is 12.1 Å². The van der Waals surface area contributed by atoms with E-state index in [2.05, 4.69) is 15.6 Å². The fourth-order valence-electron chi connectivity index (χ4n) is 1.96. The standard InChI is InChI=1S/C14H14F4N4O2/c1-8(23)5-6-19-13(24)11-12(14(16,17)18)22(21-20-11)10-4-2-3-9(15)7-10/h2-4,7-8,23H,5-6H2,1H3,(H,19,24). The second kappa shape index (κ2) is 6.95. The van der Waals surface area contributed by atoms with E-state index in [-0.39, 0.29) is 18.7 Å². The van der Waals surface area contributed by atoms with Gasteiger partial charge in [0.2, 0.25) is 0 Å². The molecule has 1 atom stereocenters. The molecule has 0 aliphatic carbocycles. The molecule has 1 heterocycles. The third-order valence-electron chi connectivity index (χ3n) is 3.05. The molecule has 130 valence electrons. The highest BCUT2D eigenvalue weighted by Gasteiger charge is 2.42. The minimum absolute atomic E-state index is 0.0272. The number of aromatic nitrogens is 3. The van der Waals surface area contributed by atoms with E-state index in [0.29, 0.717) is 4.68 Å². The molecular weight excluding hydrogens is 332 g/mol. The highest BCUT2D eigenvalue weighted by molar-refractivity contribution is 5.93. The molecule has 0 fully saturated rings. The van der Waals surface area contributed by atoms with Gasteiger partial charge in [-0.05, 0) is 31.5 Å². The van der Waals surface area contributed by atoms with Gasteiger partial charge in [0.15, 0.2) is 11.4 Å². The molecule has 0 aliphatic heterocycles. The van der Waals surface area contributed by atoms with Gasteiger partial charge in [-0.25, -0.2) is 9.07 Å². The molecule has 1 unspecified atom stereocenters. The van der Waals surface area contributed by atoms with E-state index in [4.69, 9.17) is 5.11 Å². The summed E-state index contributed by atoms with van der Waals surface area (Å²) in [5, 5.41) is 17.9. The van der Waals surface area contributed by atoms with Crippen molar-refractivity contribution < 1.29 is 27.5 Å². The molecule has 24 heavy (non-hydrogen) atoms. The molecule has 0 radical (unpaired) electrons. The van der Waals surface area contributed by atoms with Crippen molar-refractivity contribution in [2.24, 2.45) is 0 Å². The minimum atomic E-state index is -4.92. The van der Waals surface area contributed by atoms with Crippen LogP contribution in [0.25, 0.3) is 5.69 Å². The first-order valence-corrected chi connectivity index (χ1v) is 6.95. The van der Waals surface area contributed by atoms with Crippen molar-refractivity contribution in [1.29, 1.82) is 0 Å². The highest BCUT2D eigenvalue weighted by Crippen LogP contribution is 2.32. The van der Waals surface area contributed by atoms with Crippen LogP contribution in [0, 0.1) is 5.82 Å². The van der Waals surface area contributed by atoms with E-state index in [9.17, 15) is 22.4 Å². The number of rotatable bonds is 5. The van der Waals surface area contributed by atoms with E-state index in [1.54, 1.807) is 0 Å². The van der Waals surface area contributed by atoms with Crippen LogP contribution in [0.15, 0.2) is 24.3 Å². The van der Waals surface area contributed by atoms with Crippen molar-refractivity contribution in [3.05, 3.63) is 41.5 Å². The first-order valence-electron chi connectivity index (χ1n) is 6.95. The van der Waals surface area contributed by atoms with Gasteiger partial charge >= 0.3 is 6.18 Å². The van der Waals surface area contributed by atoms with Gasteiger partial charge in [0.05, 0.1) is 11.8 Å². The number of hydrogen-bond acceptors (Lipinski definition) is 4. The molecule has 2 aromatic rings. The maximum absolute atomic E-state index is 13.3. The summed E-state index contributed by atoms with van der Waals surface area (Å²) < 4.78 is 53.6. The topological polar surface area (TPSA) is 80.0 Å². The van der Waals surface area contributed by atoms with Gasteiger partial charge in [-0.1, -0.05) is 11.3 Å². The average Bonchev–Trinajstić information content (AvgIpc) is 2.91. The van der Waals surface area contributed by atoms with Crippen LogP contribution in [-0.4, -0.2) is 38.7 Å². The van der Waals surface area contributed by atoms with Gasteiger partial charge in [-0.2, -0.15) is 13.2 Å². The Balaban J connectivity index is 2.38. The molecule has 1 aromatic carbocycles. The average molecular weight is 346 g/mol. The molecule has 6 nitrogen and oxygen atoms in total. The molecule has 0 aliphatic rings. The fourth-order valence-corrected chi connectivity index (χ4v) is 1.96. The molecule has 10 heteroatoms. The van der Waals surface area contributed by atoms with E-state index < -0.39 is 35.4 Å². The zero-order valence-corrected chi connectivity index (χ0v) is 12.5. The number of alkyl halides is 3. The predicted octanol–water partition coefficient (Wildman–Crippen LogP) is 1.93. The SMILES string of the molecule is CC(O)CCNC(=O)c1nnn(-c2cccc(F)c2)c1C(F)(F)F. The number of hydrogen-bond donors (Lipinski definition) is 2. The second-order valence-corrected chi connectivity index (χ2v) is 5.07. The summed E-state index contributed by atoms with van der Waals surface area (Å²) in [6.07, 6.45) is -5.46. The van der Waals surface area contributed by atoms with Crippen molar-refractivity contribution in [1.82, 2.24) is 20.3 Å². The Kier molecular flexibility index (Phi) is 5.17. The van der Waals surface area contributed by atoms with Crippen LogP contribution in [0.4, 0.5) is 17.6 Å². The van der Waals surface area contributed by atoms with Gasteiger partial charge in [-0.15, -0.1) is 5.10 Å². The molecule has 2 N–H and O–H groups in total. The minimum Gasteiger partial charge on any atom is -0.393 e. The van der Waals surface area contributed by atoms with E-state index in [1.807, 2.05) is 0 Å². The third kappa shape index (κ3) is 4.07. The number of amides is 1. The lowest BCUT2D eigenvalue weighted by Crippen LogP contribution is -2.29. The van der Waals surface area contributed by atoms with Crippen LogP contribution in [-0.2, 0) is 6.18 Å². The van der Waals surface area contributed by atoms with E-state index >= 15 is 0 Å². The Labute approximate surface area is 134 Å². The summed E-state index contributed by atoms with van der Waals surface area (Å²) in [6.45, 7) is 1.45. The summed E-state index contributed by atoms with van der Waals surface area (Å²) in [4.78, 5) is 11.9. The van der Waals surface area contributed by atoms with Gasteiger partial charge in [-0.3, -0.25) is 4.79 Å². The number of aliphatic hydroxyl groups is 1. The molecule has 0 spiro atoms. The number of carbonyl (C=O) groups is 1. The lowest BCUT2D eigenvalue weighted by Gasteiger charge is -2.11. The molecule has 0 saturated heterocycles. The number of benzene rings is 1. The fraction of sp³-hybridized carbons (Fsp3) is 0.357. The van der Waals surface area contributed by atoms with Gasteiger partial charge in [0, 0.05) is 6.54 Å². The van der Waals surface area contributed by atoms with Crippen LogP contribution < -0.4 is 5.32 Å². The number of carbonyl (C=O) groups excluding carboxylic acids is 1. The van der Waals surface area contributed by atoms with Crippen LogP contribution in [0.5, 0.6) is 0 Å². The summed E-state index contributed by atoms with van der Waals surface area (Å²) in [6, 6.07) is 4.34. The summed E-state index contributed by atoms with van der Waals surface area (Å²) in [7, 11) is 0. The van der Waals surface area contributed by atoms with Gasteiger partial charge < -0.3 is 10.4 Å². The van der Waals surface area contributed by atoms with E-state index in [1.165, 1.54) is 19.1 Å². The highest BCUT2D eigenvalue weighted by atomic mass is 19.4. The van der Waals surface area contributed by atoms with Crippen molar-refractivity contribution in [2.75, 3.05) is 6.54 Å². The molecule has 0 bridgehead atoms.